The van der Waals surface area contributed by atoms with Crippen LogP contribution in [-0.4, -0.2) is 61.1 Å². The first kappa shape index (κ1) is 32.0. The monoisotopic (exact) mass is 635 g/mol. The number of fused-ring (bicyclic) bond motifs is 3. The van der Waals surface area contributed by atoms with Gasteiger partial charge in [-0.15, -0.1) is 0 Å². The fourth-order valence-corrected chi connectivity index (χ4v) is 6.72. The van der Waals surface area contributed by atoms with E-state index in [0.717, 1.165) is 48.2 Å². The number of hydrogen-bond donors (Lipinski definition) is 2. The van der Waals surface area contributed by atoms with Crippen LogP contribution >= 0.6 is 0 Å². The molecule has 1 aliphatic carbocycles. The Morgan fingerprint density at radius 2 is 1.53 bits per heavy atom. The maximum absolute atomic E-state index is 13.6. The van der Waals surface area contributed by atoms with E-state index in [4.69, 9.17) is 9.47 Å². The Kier molecular flexibility index (Phi) is 10.3. The zero-order valence-electron chi connectivity index (χ0n) is 26.4. The molecule has 0 unspecified atom stereocenters. The summed E-state index contributed by atoms with van der Waals surface area (Å²) in [7, 11) is 0. The number of nitrogens with one attached hydrogen (secondary N) is 2. The SMILES string of the molecule is O=C(N[C@H]1CCC=CC[C@H](CC(=O)N2CCCC2)C(=O)NC[C@H](c2ccccc2)OC1=O)OCC1c2ccccc2-c2ccccc21. The largest absolute Gasteiger partial charge is 0.454 e. The third-order valence-electron chi connectivity index (χ3n) is 9.27. The van der Waals surface area contributed by atoms with Gasteiger partial charge in [0.05, 0.1) is 12.5 Å². The molecule has 6 rings (SSSR count). The van der Waals surface area contributed by atoms with Crippen LogP contribution in [0.5, 0.6) is 0 Å². The summed E-state index contributed by atoms with van der Waals surface area (Å²) in [6.45, 7) is 1.61. The summed E-state index contributed by atoms with van der Waals surface area (Å²) in [4.78, 5) is 54.8. The Labute approximate surface area is 275 Å². The van der Waals surface area contributed by atoms with Gasteiger partial charge in [0, 0.05) is 25.4 Å². The minimum absolute atomic E-state index is 0.0150. The van der Waals surface area contributed by atoms with Crippen LogP contribution in [0.3, 0.4) is 0 Å². The van der Waals surface area contributed by atoms with Gasteiger partial charge in [-0.25, -0.2) is 9.59 Å². The predicted octanol–water partition coefficient (Wildman–Crippen LogP) is 5.66. The molecule has 9 nitrogen and oxygen atoms in total. The van der Waals surface area contributed by atoms with Crippen molar-refractivity contribution in [2.75, 3.05) is 26.2 Å². The van der Waals surface area contributed by atoms with Crippen LogP contribution in [0, 0.1) is 5.92 Å². The Morgan fingerprint density at radius 3 is 2.23 bits per heavy atom. The number of alkyl carbamates (subject to hydrolysis) is 1. The van der Waals surface area contributed by atoms with Crippen LogP contribution in [0.1, 0.15) is 67.2 Å². The van der Waals surface area contributed by atoms with E-state index in [9.17, 15) is 19.2 Å². The first-order valence-electron chi connectivity index (χ1n) is 16.6. The van der Waals surface area contributed by atoms with Crippen LogP contribution < -0.4 is 10.6 Å². The van der Waals surface area contributed by atoms with Crippen molar-refractivity contribution in [1.82, 2.24) is 15.5 Å². The average molecular weight is 636 g/mol. The number of carbonyl (C=O) groups excluding carboxylic acids is 4. The van der Waals surface area contributed by atoms with Gasteiger partial charge in [-0.05, 0) is 59.9 Å². The lowest BCUT2D eigenvalue weighted by molar-refractivity contribution is -0.152. The summed E-state index contributed by atoms with van der Waals surface area (Å²) >= 11 is 0. The molecule has 0 spiro atoms. The van der Waals surface area contributed by atoms with E-state index in [-0.39, 0.29) is 43.7 Å². The highest BCUT2D eigenvalue weighted by atomic mass is 16.6. The number of benzene rings is 3. The van der Waals surface area contributed by atoms with Crippen molar-refractivity contribution in [3.63, 3.8) is 0 Å². The van der Waals surface area contributed by atoms with E-state index in [1.54, 1.807) is 0 Å². The van der Waals surface area contributed by atoms with Crippen molar-refractivity contribution in [2.45, 2.75) is 56.6 Å². The quantitative estimate of drug-likeness (QED) is 0.267. The molecule has 0 bridgehead atoms. The fourth-order valence-electron chi connectivity index (χ4n) is 6.72. The van der Waals surface area contributed by atoms with Gasteiger partial charge >= 0.3 is 12.1 Å². The lowest BCUT2D eigenvalue weighted by Crippen LogP contribution is -2.44. The first-order chi connectivity index (χ1) is 23.0. The first-order valence-corrected chi connectivity index (χ1v) is 16.6. The van der Waals surface area contributed by atoms with E-state index in [2.05, 4.69) is 34.9 Å². The van der Waals surface area contributed by atoms with Crippen molar-refractivity contribution >= 4 is 23.9 Å². The minimum Gasteiger partial charge on any atom is -0.454 e. The van der Waals surface area contributed by atoms with Crippen molar-refractivity contribution in [3.05, 3.63) is 108 Å². The third-order valence-corrected chi connectivity index (χ3v) is 9.27. The molecular formula is C38H41N3O6. The number of likely N-dealkylation sites (tertiary alicyclic amines) is 1. The lowest BCUT2D eigenvalue weighted by Gasteiger charge is -2.24. The molecular weight excluding hydrogens is 594 g/mol. The number of esters is 1. The second-order valence-electron chi connectivity index (χ2n) is 12.4. The number of cyclic esters (lactones) is 1. The summed E-state index contributed by atoms with van der Waals surface area (Å²) < 4.78 is 11.7. The Morgan fingerprint density at radius 1 is 0.872 bits per heavy atom. The highest BCUT2D eigenvalue weighted by molar-refractivity contribution is 5.86. The van der Waals surface area contributed by atoms with Gasteiger partial charge in [-0.1, -0.05) is 91.0 Å². The van der Waals surface area contributed by atoms with Crippen LogP contribution in [0.25, 0.3) is 11.1 Å². The van der Waals surface area contributed by atoms with Crippen LogP contribution in [0.15, 0.2) is 91.0 Å². The maximum atomic E-state index is 13.6. The third kappa shape index (κ3) is 7.73. The standard InChI is InChI=1S/C38H41N3O6/c42-35(41-21-11-12-22-41)23-27-15-5-2-6-20-33(37(44)47-34(24-39-36(27)43)26-13-3-1-4-14-26)40-38(45)46-25-32-30-18-9-7-16-28(30)29-17-8-10-19-31(29)32/h1-5,7-10,13-14,16-19,27,32-34H,6,11-12,15,20-25H2,(H,39,43)(H,40,45)/t27-,33+,34-/m1/s1. The molecule has 244 valence electrons. The average Bonchev–Trinajstić information content (AvgIpc) is 3.75. The molecule has 1 saturated heterocycles. The molecule has 9 heteroatoms. The summed E-state index contributed by atoms with van der Waals surface area (Å²) in [5, 5.41) is 5.67. The summed E-state index contributed by atoms with van der Waals surface area (Å²) in [6, 6.07) is 24.4. The molecule has 3 aliphatic rings. The van der Waals surface area contributed by atoms with Gasteiger partial charge < -0.3 is 25.0 Å². The topological polar surface area (TPSA) is 114 Å². The highest BCUT2D eigenvalue weighted by Gasteiger charge is 2.32. The van der Waals surface area contributed by atoms with Crippen LogP contribution in [-0.2, 0) is 23.9 Å². The van der Waals surface area contributed by atoms with Crippen LogP contribution in [0.2, 0.25) is 0 Å². The highest BCUT2D eigenvalue weighted by Crippen LogP contribution is 2.44. The number of rotatable bonds is 6. The van der Waals surface area contributed by atoms with E-state index >= 15 is 0 Å². The summed E-state index contributed by atoms with van der Waals surface area (Å²) in [6.07, 6.45) is 5.48. The van der Waals surface area contributed by atoms with Gasteiger partial charge in [0.2, 0.25) is 11.8 Å². The van der Waals surface area contributed by atoms with Gasteiger partial charge in [0.25, 0.3) is 0 Å². The number of hydrogen-bond acceptors (Lipinski definition) is 6. The molecule has 3 amide bonds. The molecule has 0 saturated carbocycles. The zero-order chi connectivity index (χ0) is 32.6. The Bertz CT molecular complexity index is 1570. The number of allylic oxidation sites excluding steroid dienone is 2. The lowest BCUT2D eigenvalue weighted by atomic mass is 9.98. The second-order valence-corrected chi connectivity index (χ2v) is 12.4. The zero-order valence-corrected chi connectivity index (χ0v) is 26.4. The molecule has 2 aliphatic heterocycles. The second kappa shape index (κ2) is 15.1. The number of nitrogens with zero attached hydrogens (tertiary/aromatic N) is 1. The van der Waals surface area contributed by atoms with Gasteiger partial charge in [0.15, 0.2) is 0 Å². The van der Waals surface area contributed by atoms with Gasteiger partial charge in [-0.3, -0.25) is 9.59 Å². The predicted molar refractivity (Wildman–Crippen MR) is 177 cm³/mol. The number of amides is 3. The molecule has 2 N–H and O–H groups in total. The van der Waals surface area contributed by atoms with Crippen LogP contribution in [0.4, 0.5) is 4.79 Å². The number of carbonyl (C=O) groups is 4. The van der Waals surface area contributed by atoms with E-state index < -0.39 is 30.1 Å². The van der Waals surface area contributed by atoms with E-state index in [1.165, 1.54) is 0 Å². The number of ether oxygens (including phenoxy) is 2. The molecule has 3 aromatic carbocycles. The summed E-state index contributed by atoms with van der Waals surface area (Å²) in [5.41, 5.74) is 5.16. The van der Waals surface area contributed by atoms with Gasteiger partial charge in [-0.2, -0.15) is 0 Å². The Balaban J connectivity index is 1.14. The van der Waals surface area contributed by atoms with Gasteiger partial charge in [0.1, 0.15) is 18.8 Å². The minimum atomic E-state index is -0.967. The fraction of sp³-hybridized carbons (Fsp3) is 0.368. The Hall–Kier alpha value is -4.92. The maximum Gasteiger partial charge on any atom is 0.407 e. The molecule has 3 aromatic rings. The van der Waals surface area contributed by atoms with Crippen molar-refractivity contribution in [2.24, 2.45) is 5.92 Å². The normalized spacial score (nSPS) is 21.7. The molecule has 47 heavy (non-hydrogen) atoms. The molecule has 0 radical (unpaired) electrons. The molecule has 2 heterocycles. The van der Waals surface area contributed by atoms with Crippen molar-refractivity contribution < 1.29 is 28.7 Å². The smallest absolute Gasteiger partial charge is 0.407 e. The van der Waals surface area contributed by atoms with Crippen molar-refractivity contribution in [3.8, 4) is 11.1 Å². The van der Waals surface area contributed by atoms with E-state index in [0.29, 0.717) is 18.4 Å². The molecule has 0 aromatic heterocycles. The van der Waals surface area contributed by atoms with Crippen molar-refractivity contribution in [1.29, 1.82) is 0 Å². The summed E-state index contributed by atoms with van der Waals surface area (Å²) in [5.74, 6) is -1.54. The molecule has 3 atom stereocenters. The molecule has 1 fully saturated rings. The van der Waals surface area contributed by atoms with E-state index in [1.807, 2.05) is 71.6 Å².